The van der Waals surface area contributed by atoms with Gasteiger partial charge < -0.3 is 4.74 Å². The summed E-state index contributed by atoms with van der Waals surface area (Å²) in [7, 11) is 1.34. The van der Waals surface area contributed by atoms with Crippen LogP contribution in [0.25, 0.3) is 0 Å². The topological polar surface area (TPSA) is 79.8 Å². The molecular formula is C18H18ClN3O3S. The molecule has 0 spiro atoms. The number of carbonyl (C=O) groups is 2. The SMILES string of the molecule is COC(=O)c1c(NC(=O)NN=Cc2ccccc2Cl)sc2c1CCCC2. The average Bonchev–Trinajstić information content (AvgIpc) is 3.00. The molecule has 2 aromatic rings. The number of nitrogens with one attached hydrogen (secondary N) is 2. The number of hydrogen-bond acceptors (Lipinski definition) is 5. The molecule has 1 aliphatic rings. The number of amides is 2. The Morgan fingerprint density at radius 2 is 2.04 bits per heavy atom. The van der Waals surface area contributed by atoms with Crippen LogP contribution in [0.1, 0.15) is 39.2 Å². The predicted octanol–water partition coefficient (Wildman–Crippen LogP) is 4.22. The summed E-state index contributed by atoms with van der Waals surface area (Å²) in [6.07, 6.45) is 5.31. The zero-order valence-electron chi connectivity index (χ0n) is 14.2. The first-order chi connectivity index (χ1) is 12.6. The first-order valence-corrected chi connectivity index (χ1v) is 9.37. The van der Waals surface area contributed by atoms with Gasteiger partial charge in [0.05, 0.1) is 18.9 Å². The van der Waals surface area contributed by atoms with Gasteiger partial charge in [-0.05, 0) is 37.3 Å². The van der Waals surface area contributed by atoms with E-state index in [-0.39, 0.29) is 0 Å². The summed E-state index contributed by atoms with van der Waals surface area (Å²) in [4.78, 5) is 25.4. The largest absolute Gasteiger partial charge is 0.465 e. The lowest BCUT2D eigenvalue weighted by atomic mass is 9.95. The molecule has 0 saturated carbocycles. The number of nitrogens with zero attached hydrogens (tertiary/aromatic N) is 1. The van der Waals surface area contributed by atoms with E-state index in [1.54, 1.807) is 12.1 Å². The molecule has 0 radical (unpaired) electrons. The number of urea groups is 1. The Labute approximate surface area is 160 Å². The van der Waals surface area contributed by atoms with Crippen LogP contribution in [0.15, 0.2) is 29.4 Å². The number of esters is 1. The fourth-order valence-corrected chi connectivity index (χ4v) is 4.30. The van der Waals surface area contributed by atoms with E-state index in [2.05, 4.69) is 15.8 Å². The number of thiophene rings is 1. The molecule has 0 unspecified atom stereocenters. The number of hydrogen-bond donors (Lipinski definition) is 2. The minimum Gasteiger partial charge on any atom is -0.465 e. The molecule has 2 amide bonds. The van der Waals surface area contributed by atoms with Crippen molar-refractivity contribution in [2.45, 2.75) is 25.7 Å². The molecule has 6 nitrogen and oxygen atoms in total. The maximum Gasteiger partial charge on any atom is 0.341 e. The molecule has 0 atom stereocenters. The first-order valence-electron chi connectivity index (χ1n) is 8.17. The number of anilines is 1. The van der Waals surface area contributed by atoms with E-state index in [0.29, 0.717) is 21.2 Å². The van der Waals surface area contributed by atoms with Crippen molar-refractivity contribution in [3.8, 4) is 0 Å². The molecule has 0 saturated heterocycles. The van der Waals surface area contributed by atoms with Crippen LogP contribution in [0.3, 0.4) is 0 Å². The van der Waals surface area contributed by atoms with Crippen LogP contribution < -0.4 is 10.7 Å². The predicted molar refractivity (Wildman–Crippen MR) is 104 cm³/mol. The highest BCUT2D eigenvalue weighted by Crippen LogP contribution is 2.38. The van der Waals surface area contributed by atoms with E-state index in [1.165, 1.54) is 24.7 Å². The number of fused-ring (bicyclic) bond motifs is 1. The summed E-state index contributed by atoms with van der Waals surface area (Å²) in [6.45, 7) is 0. The maximum absolute atomic E-state index is 12.2. The Morgan fingerprint density at radius 1 is 1.27 bits per heavy atom. The molecule has 1 aliphatic carbocycles. The van der Waals surface area contributed by atoms with Crippen molar-refractivity contribution in [1.82, 2.24) is 5.43 Å². The fourth-order valence-electron chi connectivity index (χ4n) is 2.84. The molecule has 0 aliphatic heterocycles. The highest BCUT2D eigenvalue weighted by Gasteiger charge is 2.26. The number of rotatable bonds is 4. The lowest BCUT2D eigenvalue weighted by molar-refractivity contribution is 0.0601. The van der Waals surface area contributed by atoms with Gasteiger partial charge in [-0.15, -0.1) is 11.3 Å². The number of methoxy groups -OCH3 is 1. The third-order valence-electron chi connectivity index (χ3n) is 4.06. The standard InChI is InChI=1S/C18H18ClN3O3S/c1-25-17(23)15-12-7-3-5-9-14(12)26-16(15)21-18(24)22-20-10-11-6-2-4-8-13(11)19/h2,4,6,8,10H,3,5,7,9H2,1H3,(H2,21,22,24). The summed E-state index contributed by atoms with van der Waals surface area (Å²) in [5.41, 5.74) is 4.52. The zero-order chi connectivity index (χ0) is 18.5. The van der Waals surface area contributed by atoms with Crippen molar-refractivity contribution < 1.29 is 14.3 Å². The van der Waals surface area contributed by atoms with Gasteiger partial charge in [-0.1, -0.05) is 29.8 Å². The van der Waals surface area contributed by atoms with Crippen LogP contribution in [0.5, 0.6) is 0 Å². The molecule has 0 bridgehead atoms. The van der Waals surface area contributed by atoms with Crippen molar-refractivity contribution in [2.75, 3.05) is 12.4 Å². The Hall–Kier alpha value is -2.38. The normalized spacial score (nSPS) is 13.3. The van der Waals surface area contributed by atoms with Crippen LogP contribution in [0, 0.1) is 0 Å². The van der Waals surface area contributed by atoms with Crippen LogP contribution in [0.4, 0.5) is 9.80 Å². The van der Waals surface area contributed by atoms with Crippen molar-refractivity contribution in [1.29, 1.82) is 0 Å². The van der Waals surface area contributed by atoms with Crippen LogP contribution in [-0.4, -0.2) is 25.3 Å². The Bertz CT molecular complexity index is 863. The van der Waals surface area contributed by atoms with E-state index >= 15 is 0 Å². The van der Waals surface area contributed by atoms with E-state index in [9.17, 15) is 9.59 Å². The maximum atomic E-state index is 12.2. The average molecular weight is 392 g/mol. The summed E-state index contributed by atoms with van der Waals surface area (Å²) < 4.78 is 4.89. The van der Waals surface area contributed by atoms with Gasteiger partial charge in [-0.3, -0.25) is 5.32 Å². The number of halogens is 1. The van der Waals surface area contributed by atoms with Gasteiger partial charge in [0.2, 0.25) is 0 Å². The molecule has 1 aromatic carbocycles. The van der Waals surface area contributed by atoms with Gasteiger partial charge in [-0.2, -0.15) is 5.10 Å². The second-order valence-electron chi connectivity index (χ2n) is 5.75. The third kappa shape index (κ3) is 4.05. The molecule has 136 valence electrons. The zero-order valence-corrected chi connectivity index (χ0v) is 15.7. The first kappa shape index (κ1) is 18.4. The Kier molecular flexibility index (Phi) is 5.90. The highest BCUT2D eigenvalue weighted by molar-refractivity contribution is 7.17. The molecule has 2 N–H and O–H groups in total. The van der Waals surface area contributed by atoms with E-state index in [0.717, 1.165) is 36.1 Å². The third-order valence-corrected chi connectivity index (χ3v) is 5.61. The van der Waals surface area contributed by atoms with Crippen LogP contribution >= 0.6 is 22.9 Å². The van der Waals surface area contributed by atoms with Crippen LogP contribution in [0.2, 0.25) is 5.02 Å². The lowest BCUT2D eigenvalue weighted by Gasteiger charge is -2.11. The van der Waals surface area contributed by atoms with Gasteiger partial charge in [0.1, 0.15) is 5.00 Å². The van der Waals surface area contributed by atoms with Gasteiger partial charge in [0.25, 0.3) is 0 Å². The molecule has 3 rings (SSSR count). The summed E-state index contributed by atoms with van der Waals surface area (Å²) >= 11 is 7.45. The van der Waals surface area contributed by atoms with E-state index < -0.39 is 12.0 Å². The quantitative estimate of drug-likeness (QED) is 0.465. The summed E-state index contributed by atoms with van der Waals surface area (Å²) in [5, 5.41) is 7.63. The lowest BCUT2D eigenvalue weighted by Crippen LogP contribution is -2.24. The molecule has 8 heteroatoms. The monoisotopic (exact) mass is 391 g/mol. The van der Waals surface area contributed by atoms with Crippen molar-refractivity contribution in [3.05, 3.63) is 50.9 Å². The second kappa shape index (κ2) is 8.33. The molecule has 1 aromatic heterocycles. The van der Waals surface area contributed by atoms with E-state index in [1.807, 2.05) is 12.1 Å². The minimum atomic E-state index is -0.531. The van der Waals surface area contributed by atoms with Gasteiger partial charge in [0, 0.05) is 15.5 Å². The van der Waals surface area contributed by atoms with Crippen molar-refractivity contribution in [3.63, 3.8) is 0 Å². The molecular weight excluding hydrogens is 374 g/mol. The second-order valence-corrected chi connectivity index (χ2v) is 7.26. The number of hydrazone groups is 1. The van der Waals surface area contributed by atoms with E-state index in [4.69, 9.17) is 16.3 Å². The van der Waals surface area contributed by atoms with Gasteiger partial charge >= 0.3 is 12.0 Å². The molecule has 26 heavy (non-hydrogen) atoms. The van der Waals surface area contributed by atoms with Crippen molar-refractivity contribution in [2.24, 2.45) is 5.10 Å². The Morgan fingerprint density at radius 3 is 2.81 bits per heavy atom. The smallest absolute Gasteiger partial charge is 0.341 e. The number of ether oxygens (including phenoxy) is 1. The molecule has 1 heterocycles. The summed E-state index contributed by atoms with van der Waals surface area (Å²) in [5.74, 6) is -0.431. The minimum absolute atomic E-state index is 0.431. The van der Waals surface area contributed by atoms with Crippen molar-refractivity contribution >= 4 is 46.2 Å². The fraction of sp³-hybridized carbons (Fsp3) is 0.278. The van der Waals surface area contributed by atoms with Gasteiger partial charge in [0.15, 0.2) is 0 Å². The summed E-state index contributed by atoms with van der Waals surface area (Å²) in [6, 6.07) is 6.63. The van der Waals surface area contributed by atoms with Crippen LogP contribution in [-0.2, 0) is 17.6 Å². The number of aryl methyl sites for hydroxylation is 1. The highest BCUT2D eigenvalue weighted by atomic mass is 35.5. The number of benzene rings is 1. The Balaban J connectivity index is 1.72. The number of carbonyl (C=O) groups excluding carboxylic acids is 2. The molecule has 0 fully saturated rings. The van der Waals surface area contributed by atoms with Gasteiger partial charge in [-0.25, -0.2) is 15.0 Å².